The molecule has 2 rings (SSSR count). The molecule has 0 bridgehead atoms. The second-order valence-electron chi connectivity index (χ2n) is 6.31. The number of amides is 1. The summed E-state index contributed by atoms with van der Waals surface area (Å²) in [5, 5.41) is 2.81. The molecule has 29 heavy (non-hydrogen) atoms. The van der Waals surface area contributed by atoms with Crippen LogP contribution in [0.5, 0.6) is 0 Å². The molecule has 0 aliphatic rings. The van der Waals surface area contributed by atoms with Gasteiger partial charge in [0.05, 0.1) is 24.3 Å². The number of aromatic nitrogens is 1. The average molecular weight is 398 g/mol. The standard InChI is InChI=1S/C22H26N2O5/c1-6-13-24-15(5)18(14(4)19(24)22(27)29-8-3)20(25)23-17-11-9-16(10-12-17)21(26)28-7-2/h6,9-12H,1,7-8,13H2,2-5H3,(H,23,25). The maximum absolute atomic E-state index is 12.9. The first-order valence-electron chi connectivity index (χ1n) is 9.41. The maximum atomic E-state index is 12.9. The zero-order valence-electron chi connectivity index (χ0n) is 17.2. The van der Waals surface area contributed by atoms with Crippen molar-refractivity contribution in [3.05, 3.63) is 65.0 Å². The first kappa shape index (κ1) is 21.9. The fourth-order valence-electron chi connectivity index (χ4n) is 3.15. The molecule has 0 atom stereocenters. The second kappa shape index (κ2) is 9.73. The maximum Gasteiger partial charge on any atom is 0.355 e. The van der Waals surface area contributed by atoms with E-state index in [1.54, 1.807) is 62.6 Å². The van der Waals surface area contributed by atoms with Gasteiger partial charge in [0, 0.05) is 17.9 Å². The van der Waals surface area contributed by atoms with Crippen LogP contribution in [0.1, 0.15) is 56.3 Å². The molecule has 0 saturated heterocycles. The van der Waals surface area contributed by atoms with Crippen molar-refractivity contribution in [2.45, 2.75) is 34.2 Å². The molecule has 1 aromatic carbocycles. The molecule has 0 aliphatic heterocycles. The first-order valence-corrected chi connectivity index (χ1v) is 9.41. The van der Waals surface area contributed by atoms with Gasteiger partial charge in [0.1, 0.15) is 5.69 Å². The Labute approximate surface area is 170 Å². The van der Waals surface area contributed by atoms with Crippen molar-refractivity contribution in [2.24, 2.45) is 0 Å². The first-order chi connectivity index (χ1) is 13.8. The highest BCUT2D eigenvalue weighted by molar-refractivity contribution is 6.08. The lowest BCUT2D eigenvalue weighted by atomic mass is 10.1. The number of esters is 2. The zero-order valence-corrected chi connectivity index (χ0v) is 17.2. The van der Waals surface area contributed by atoms with Gasteiger partial charge in [-0.25, -0.2) is 9.59 Å². The van der Waals surface area contributed by atoms with Gasteiger partial charge in [-0.05, 0) is 57.5 Å². The van der Waals surface area contributed by atoms with Crippen LogP contribution < -0.4 is 5.32 Å². The number of carbonyl (C=O) groups is 3. The third-order valence-electron chi connectivity index (χ3n) is 4.43. The van der Waals surface area contributed by atoms with Gasteiger partial charge in [-0.2, -0.15) is 0 Å². The van der Waals surface area contributed by atoms with Crippen molar-refractivity contribution in [3.8, 4) is 0 Å². The SMILES string of the molecule is C=CCn1c(C)c(C(=O)Nc2ccc(C(=O)OCC)cc2)c(C)c1C(=O)OCC. The predicted molar refractivity (Wildman–Crippen MR) is 110 cm³/mol. The van der Waals surface area contributed by atoms with Crippen molar-refractivity contribution in [1.82, 2.24) is 4.57 Å². The minimum Gasteiger partial charge on any atom is -0.462 e. The molecule has 0 radical (unpaired) electrons. The van der Waals surface area contributed by atoms with Crippen molar-refractivity contribution in [3.63, 3.8) is 0 Å². The van der Waals surface area contributed by atoms with Crippen LogP contribution in [0, 0.1) is 13.8 Å². The topological polar surface area (TPSA) is 86.6 Å². The van der Waals surface area contributed by atoms with Gasteiger partial charge in [0.2, 0.25) is 0 Å². The zero-order chi connectivity index (χ0) is 21.6. The molecule has 1 heterocycles. The number of hydrogen-bond acceptors (Lipinski definition) is 5. The highest BCUT2D eigenvalue weighted by Crippen LogP contribution is 2.25. The van der Waals surface area contributed by atoms with Crippen LogP contribution in [0.25, 0.3) is 0 Å². The third kappa shape index (κ3) is 4.74. The van der Waals surface area contributed by atoms with Crippen LogP contribution in [-0.4, -0.2) is 35.6 Å². The number of benzene rings is 1. The van der Waals surface area contributed by atoms with Gasteiger partial charge < -0.3 is 19.4 Å². The number of rotatable bonds is 8. The lowest BCUT2D eigenvalue weighted by molar-refractivity contribution is 0.0508. The van der Waals surface area contributed by atoms with Crippen LogP contribution >= 0.6 is 0 Å². The average Bonchev–Trinajstić information content (AvgIpc) is 2.93. The molecule has 0 saturated carbocycles. The fourth-order valence-corrected chi connectivity index (χ4v) is 3.15. The molecular weight excluding hydrogens is 372 g/mol. The van der Waals surface area contributed by atoms with E-state index in [9.17, 15) is 14.4 Å². The van der Waals surface area contributed by atoms with E-state index in [2.05, 4.69) is 11.9 Å². The van der Waals surface area contributed by atoms with Gasteiger partial charge >= 0.3 is 11.9 Å². The Kier molecular flexibility index (Phi) is 7.36. The lowest BCUT2D eigenvalue weighted by Crippen LogP contribution is -2.14. The van der Waals surface area contributed by atoms with Crippen molar-refractivity contribution in [2.75, 3.05) is 18.5 Å². The van der Waals surface area contributed by atoms with E-state index in [1.807, 2.05) is 0 Å². The molecule has 0 aliphatic carbocycles. The van der Waals surface area contributed by atoms with E-state index in [1.165, 1.54) is 0 Å². The summed E-state index contributed by atoms with van der Waals surface area (Å²) in [6.45, 7) is 11.6. The van der Waals surface area contributed by atoms with Crippen LogP contribution in [-0.2, 0) is 16.0 Å². The molecular formula is C22H26N2O5. The smallest absolute Gasteiger partial charge is 0.355 e. The van der Waals surface area contributed by atoms with Gasteiger partial charge in [0.15, 0.2) is 0 Å². The summed E-state index contributed by atoms with van der Waals surface area (Å²) < 4.78 is 11.8. The molecule has 1 aromatic heterocycles. The van der Waals surface area contributed by atoms with Crippen LogP contribution in [0.3, 0.4) is 0 Å². The number of anilines is 1. The number of allylic oxidation sites excluding steroid dienone is 1. The van der Waals surface area contributed by atoms with Gasteiger partial charge in [0.25, 0.3) is 5.91 Å². The molecule has 0 fully saturated rings. The van der Waals surface area contributed by atoms with Crippen molar-refractivity contribution >= 4 is 23.5 Å². The minimum atomic E-state index is -0.479. The summed E-state index contributed by atoms with van der Waals surface area (Å²) in [5.74, 6) is -1.25. The van der Waals surface area contributed by atoms with Crippen LogP contribution in [0.2, 0.25) is 0 Å². The molecule has 7 nitrogen and oxygen atoms in total. The largest absolute Gasteiger partial charge is 0.462 e. The molecule has 154 valence electrons. The number of carbonyl (C=O) groups excluding carboxylic acids is 3. The fraction of sp³-hybridized carbons (Fsp3) is 0.318. The van der Waals surface area contributed by atoms with Gasteiger partial charge in [-0.1, -0.05) is 6.08 Å². The number of ether oxygens (including phenoxy) is 2. The van der Waals surface area contributed by atoms with Gasteiger partial charge in [-0.15, -0.1) is 6.58 Å². The Balaban J connectivity index is 2.33. The summed E-state index contributed by atoms with van der Waals surface area (Å²) >= 11 is 0. The monoisotopic (exact) mass is 398 g/mol. The Hall–Kier alpha value is -3.35. The second-order valence-corrected chi connectivity index (χ2v) is 6.31. The summed E-state index contributed by atoms with van der Waals surface area (Å²) in [4.78, 5) is 37.1. The third-order valence-corrected chi connectivity index (χ3v) is 4.43. The van der Waals surface area contributed by atoms with Crippen molar-refractivity contribution < 1.29 is 23.9 Å². The predicted octanol–water partition coefficient (Wildman–Crippen LogP) is 3.90. The normalized spacial score (nSPS) is 10.3. The summed E-state index contributed by atoms with van der Waals surface area (Å²) in [5.41, 5.74) is 2.86. The molecule has 2 aromatic rings. The molecule has 7 heteroatoms. The van der Waals surface area contributed by atoms with Gasteiger partial charge in [-0.3, -0.25) is 4.79 Å². The molecule has 0 unspecified atom stereocenters. The Morgan fingerprint density at radius 1 is 1.03 bits per heavy atom. The highest BCUT2D eigenvalue weighted by Gasteiger charge is 2.26. The summed E-state index contributed by atoms with van der Waals surface area (Å²) in [6, 6.07) is 6.42. The van der Waals surface area contributed by atoms with E-state index in [4.69, 9.17) is 9.47 Å². The molecule has 0 spiro atoms. The quantitative estimate of drug-likeness (QED) is 0.538. The molecule has 1 amide bonds. The van der Waals surface area contributed by atoms with E-state index < -0.39 is 11.9 Å². The van der Waals surface area contributed by atoms with E-state index in [0.717, 1.165) is 0 Å². The van der Waals surface area contributed by atoms with E-state index in [-0.39, 0.29) is 12.5 Å². The number of nitrogens with one attached hydrogen (secondary N) is 1. The molecule has 1 N–H and O–H groups in total. The van der Waals surface area contributed by atoms with E-state index >= 15 is 0 Å². The highest BCUT2D eigenvalue weighted by atomic mass is 16.5. The Bertz CT molecular complexity index is 926. The Morgan fingerprint density at radius 3 is 2.17 bits per heavy atom. The van der Waals surface area contributed by atoms with Crippen LogP contribution in [0.15, 0.2) is 36.9 Å². The minimum absolute atomic E-state index is 0.241. The summed E-state index contributed by atoms with van der Waals surface area (Å²) in [6.07, 6.45) is 1.66. The van der Waals surface area contributed by atoms with Crippen molar-refractivity contribution in [1.29, 1.82) is 0 Å². The Morgan fingerprint density at radius 2 is 1.62 bits per heavy atom. The lowest BCUT2D eigenvalue weighted by Gasteiger charge is -2.09. The summed E-state index contributed by atoms with van der Waals surface area (Å²) in [7, 11) is 0. The number of hydrogen-bond donors (Lipinski definition) is 1. The van der Waals surface area contributed by atoms with Crippen LogP contribution in [0.4, 0.5) is 5.69 Å². The van der Waals surface area contributed by atoms with E-state index in [0.29, 0.717) is 46.9 Å². The number of nitrogens with zero attached hydrogens (tertiary/aromatic N) is 1.